The molecule has 7 nitrogen and oxygen atoms in total. The standard InChI is InChI=1S/C22H18ClF3N2O5/c1-3-32-17-11-12(10-16(23)18(17)29)9-15-19(22(24,25)26)27-28(20(15)30)14-7-5-13(6-8-14)21(31)33-4-2/h5-11,29H,3-4H2,1-2H3/b15-9+. The van der Waals surface area contributed by atoms with E-state index < -0.39 is 29.3 Å². The van der Waals surface area contributed by atoms with E-state index in [0.717, 1.165) is 6.08 Å². The molecule has 1 heterocycles. The number of carbonyl (C=O) groups excluding carboxylic acids is 2. The van der Waals surface area contributed by atoms with Gasteiger partial charge in [0, 0.05) is 0 Å². The van der Waals surface area contributed by atoms with E-state index in [0.29, 0.717) is 5.01 Å². The molecule has 0 spiro atoms. The molecule has 0 fully saturated rings. The molecule has 0 aliphatic carbocycles. The van der Waals surface area contributed by atoms with Gasteiger partial charge in [-0.15, -0.1) is 0 Å². The van der Waals surface area contributed by atoms with Crippen LogP contribution in [-0.4, -0.2) is 42.1 Å². The molecule has 11 heteroatoms. The van der Waals surface area contributed by atoms with Crippen LogP contribution in [0.1, 0.15) is 29.8 Å². The molecule has 0 atom stereocenters. The Balaban J connectivity index is 2.02. The zero-order chi connectivity index (χ0) is 24.3. The summed E-state index contributed by atoms with van der Waals surface area (Å²) in [5.74, 6) is -2.05. The van der Waals surface area contributed by atoms with Crippen molar-refractivity contribution in [1.82, 2.24) is 0 Å². The van der Waals surface area contributed by atoms with E-state index >= 15 is 0 Å². The highest BCUT2D eigenvalue weighted by Gasteiger charge is 2.46. The van der Waals surface area contributed by atoms with E-state index in [-0.39, 0.29) is 46.5 Å². The lowest BCUT2D eigenvalue weighted by atomic mass is 10.1. The molecular formula is C22H18ClF3N2O5. The summed E-state index contributed by atoms with van der Waals surface area (Å²) in [4.78, 5) is 24.7. The van der Waals surface area contributed by atoms with Crippen molar-refractivity contribution in [1.29, 1.82) is 0 Å². The predicted molar refractivity (Wildman–Crippen MR) is 116 cm³/mol. The molecule has 0 aromatic heterocycles. The highest BCUT2D eigenvalue weighted by Crippen LogP contribution is 2.37. The molecule has 2 aromatic carbocycles. The first-order chi connectivity index (χ1) is 15.6. The van der Waals surface area contributed by atoms with Crippen molar-refractivity contribution in [2.24, 2.45) is 5.10 Å². The van der Waals surface area contributed by atoms with E-state index in [9.17, 15) is 27.9 Å². The molecule has 1 aliphatic heterocycles. The lowest BCUT2D eigenvalue weighted by Crippen LogP contribution is -2.25. The monoisotopic (exact) mass is 482 g/mol. The number of hydrogen-bond acceptors (Lipinski definition) is 6. The van der Waals surface area contributed by atoms with Crippen molar-refractivity contribution in [2.45, 2.75) is 20.0 Å². The van der Waals surface area contributed by atoms with Crippen molar-refractivity contribution in [3.05, 3.63) is 58.1 Å². The van der Waals surface area contributed by atoms with Gasteiger partial charge >= 0.3 is 12.1 Å². The van der Waals surface area contributed by atoms with Gasteiger partial charge in [0.1, 0.15) is 0 Å². The largest absolute Gasteiger partial charge is 0.503 e. The minimum Gasteiger partial charge on any atom is -0.503 e. The maximum absolute atomic E-state index is 13.7. The minimum absolute atomic E-state index is 0.0249. The van der Waals surface area contributed by atoms with E-state index in [1.165, 1.54) is 36.4 Å². The van der Waals surface area contributed by atoms with Crippen LogP contribution in [0.3, 0.4) is 0 Å². The topological polar surface area (TPSA) is 88.4 Å². The fourth-order valence-corrected chi connectivity index (χ4v) is 3.21. The Bertz CT molecular complexity index is 1140. The van der Waals surface area contributed by atoms with Crippen molar-refractivity contribution >= 4 is 41.0 Å². The first-order valence-electron chi connectivity index (χ1n) is 9.71. The van der Waals surface area contributed by atoms with Crippen LogP contribution in [0.25, 0.3) is 6.08 Å². The van der Waals surface area contributed by atoms with Crippen LogP contribution in [-0.2, 0) is 9.53 Å². The number of benzene rings is 2. The Morgan fingerprint density at radius 1 is 1.18 bits per heavy atom. The number of carbonyl (C=O) groups is 2. The SMILES string of the molecule is CCOC(=O)c1ccc(N2N=C(C(F)(F)F)/C(=C\c3cc(Cl)c(O)c(OCC)c3)C2=O)cc1. The molecule has 0 bridgehead atoms. The number of rotatable bonds is 6. The van der Waals surface area contributed by atoms with E-state index in [4.69, 9.17) is 21.1 Å². The number of esters is 1. The van der Waals surface area contributed by atoms with Gasteiger partial charge < -0.3 is 14.6 Å². The zero-order valence-corrected chi connectivity index (χ0v) is 18.2. The predicted octanol–water partition coefficient (Wildman–Crippen LogP) is 4.97. The molecule has 3 rings (SSSR count). The van der Waals surface area contributed by atoms with Gasteiger partial charge in [-0.1, -0.05) is 11.6 Å². The Hall–Kier alpha value is -3.53. The van der Waals surface area contributed by atoms with Gasteiger partial charge in [0.15, 0.2) is 17.2 Å². The number of aromatic hydroxyl groups is 1. The third-order valence-corrected chi connectivity index (χ3v) is 4.72. The summed E-state index contributed by atoms with van der Waals surface area (Å²) in [5, 5.41) is 13.9. The quantitative estimate of drug-likeness (QED) is 0.464. The summed E-state index contributed by atoms with van der Waals surface area (Å²) in [6.45, 7) is 3.62. The molecule has 33 heavy (non-hydrogen) atoms. The van der Waals surface area contributed by atoms with E-state index in [1.54, 1.807) is 13.8 Å². The number of halogens is 4. The first kappa shape index (κ1) is 24.1. The summed E-state index contributed by atoms with van der Waals surface area (Å²) in [7, 11) is 0. The van der Waals surface area contributed by atoms with E-state index in [2.05, 4.69) is 5.10 Å². The van der Waals surface area contributed by atoms with Crippen LogP contribution >= 0.6 is 11.6 Å². The molecule has 1 aliphatic rings. The smallest absolute Gasteiger partial charge is 0.435 e. The zero-order valence-electron chi connectivity index (χ0n) is 17.4. The van der Waals surface area contributed by atoms with Crippen molar-refractivity contribution in [3.8, 4) is 11.5 Å². The number of hydrazone groups is 1. The summed E-state index contributed by atoms with van der Waals surface area (Å²) in [6.07, 6.45) is -3.96. The van der Waals surface area contributed by atoms with Gasteiger partial charge in [-0.3, -0.25) is 4.79 Å². The maximum Gasteiger partial charge on any atom is 0.435 e. The number of hydrogen-bond donors (Lipinski definition) is 1. The molecule has 174 valence electrons. The normalized spacial score (nSPS) is 15.1. The molecule has 0 saturated heterocycles. The third kappa shape index (κ3) is 5.11. The molecule has 2 aromatic rings. The number of phenolic OH excluding ortho intramolecular Hbond substituents is 1. The average Bonchev–Trinajstić information content (AvgIpc) is 3.08. The number of nitrogens with zero attached hydrogens (tertiary/aromatic N) is 2. The fourth-order valence-electron chi connectivity index (χ4n) is 2.99. The second kappa shape index (κ2) is 9.53. The van der Waals surface area contributed by atoms with Crippen LogP contribution in [0, 0.1) is 0 Å². The number of amides is 1. The van der Waals surface area contributed by atoms with Gasteiger partial charge in [-0.25, -0.2) is 4.79 Å². The van der Waals surface area contributed by atoms with Crippen molar-refractivity contribution in [2.75, 3.05) is 18.2 Å². The Morgan fingerprint density at radius 3 is 2.42 bits per heavy atom. The van der Waals surface area contributed by atoms with Crippen LogP contribution in [0.2, 0.25) is 5.02 Å². The summed E-state index contributed by atoms with van der Waals surface area (Å²) in [5.41, 5.74) is -1.83. The molecule has 0 radical (unpaired) electrons. The van der Waals surface area contributed by atoms with E-state index in [1.807, 2.05) is 0 Å². The highest BCUT2D eigenvalue weighted by atomic mass is 35.5. The summed E-state index contributed by atoms with van der Waals surface area (Å²) >= 11 is 5.95. The molecule has 0 saturated carbocycles. The molecule has 1 amide bonds. The summed E-state index contributed by atoms with van der Waals surface area (Å²) in [6, 6.07) is 7.67. The number of alkyl halides is 3. The Labute approximate surface area is 191 Å². The lowest BCUT2D eigenvalue weighted by molar-refractivity contribution is -0.114. The van der Waals surface area contributed by atoms with Crippen molar-refractivity contribution in [3.63, 3.8) is 0 Å². The first-order valence-corrected chi connectivity index (χ1v) is 10.1. The van der Waals surface area contributed by atoms with Crippen molar-refractivity contribution < 1.29 is 37.3 Å². The highest BCUT2D eigenvalue weighted by molar-refractivity contribution is 6.35. The van der Waals surface area contributed by atoms with Crippen LogP contribution < -0.4 is 9.75 Å². The second-order valence-corrected chi connectivity index (χ2v) is 7.08. The lowest BCUT2D eigenvalue weighted by Gasteiger charge is -2.12. The molecule has 1 N–H and O–H groups in total. The van der Waals surface area contributed by atoms with Crippen LogP contribution in [0.4, 0.5) is 18.9 Å². The maximum atomic E-state index is 13.7. The molecule has 0 unspecified atom stereocenters. The van der Waals surface area contributed by atoms with Gasteiger partial charge in [-0.05, 0) is 61.9 Å². The fraction of sp³-hybridized carbons (Fsp3) is 0.227. The van der Waals surface area contributed by atoms with Crippen LogP contribution in [0.15, 0.2) is 47.1 Å². The summed E-state index contributed by atoms with van der Waals surface area (Å²) < 4.78 is 51.1. The minimum atomic E-state index is -4.93. The van der Waals surface area contributed by atoms with Gasteiger partial charge in [-0.2, -0.15) is 23.3 Å². The van der Waals surface area contributed by atoms with Crippen LogP contribution in [0.5, 0.6) is 11.5 Å². The third-order valence-electron chi connectivity index (χ3n) is 4.43. The Kier molecular flexibility index (Phi) is 6.97. The van der Waals surface area contributed by atoms with Gasteiger partial charge in [0.2, 0.25) is 0 Å². The van der Waals surface area contributed by atoms with Gasteiger partial charge in [0.05, 0.1) is 35.1 Å². The number of anilines is 1. The van der Waals surface area contributed by atoms with Gasteiger partial charge in [0.25, 0.3) is 5.91 Å². The number of ether oxygens (including phenoxy) is 2. The number of phenols is 1. The molecular weight excluding hydrogens is 465 g/mol. The second-order valence-electron chi connectivity index (χ2n) is 6.67. The Morgan fingerprint density at radius 2 is 1.85 bits per heavy atom. The average molecular weight is 483 g/mol.